The molecule has 2 rings (SSSR count). The first kappa shape index (κ1) is 15.5. The van der Waals surface area contributed by atoms with Crippen molar-refractivity contribution in [1.82, 2.24) is 4.31 Å². The van der Waals surface area contributed by atoms with Crippen molar-refractivity contribution < 1.29 is 18.3 Å². The Bertz CT molecular complexity index is 621. The van der Waals surface area contributed by atoms with Gasteiger partial charge in [0.1, 0.15) is 0 Å². The molecule has 1 saturated heterocycles. The van der Waals surface area contributed by atoms with E-state index in [9.17, 15) is 13.2 Å². The molecule has 0 bridgehead atoms. The molecule has 0 atom stereocenters. The van der Waals surface area contributed by atoms with E-state index in [1.165, 1.54) is 4.31 Å². The summed E-state index contributed by atoms with van der Waals surface area (Å²) in [4.78, 5) is 11.2. The molecule has 1 aromatic rings. The van der Waals surface area contributed by atoms with Gasteiger partial charge in [0.15, 0.2) is 0 Å². The molecule has 0 spiro atoms. The quantitative estimate of drug-likeness (QED) is 0.895. The first-order valence-corrected chi connectivity index (χ1v) is 8.55. The van der Waals surface area contributed by atoms with Gasteiger partial charge in [-0.1, -0.05) is 22.0 Å². The number of hydrogen-bond donors (Lipinski definition) is 1. The van der Waals surface area contributed by atoms with Crippen LogP contribution in [-0.4, -0.2) is 36.9 Å². The summed E-state index contributed by atoms with van der Waals surface area (Å²) >= 11 is 3.33. The number of piperidine rings is 1. The molecule has 0 amide bonds. The van der Waals surface area contributed by atoms with Gasteiger partial charge >= 0.3 is 5.97 Å². The van der Waals surface area contributed by atoms with Crippen molar-refractivity contribution in [3.8, 4) is 0 Å². The van der Waals surface area contributed by atoms with Crippen LogP contribution in [0.15, 0.2) is 27.6 Å². The largest absolute Gasteiger partial charge is 0.481 e. The highest BCUT2D eigenvalue weighted by Crippen LogP contribution is 2.28. The van der Waals surface area contributed by atoms with Gasteiger partial charge in [-0.3, -0.25) is 4.79 Å². The van der Waals surface area contributed by atoms with Crippen molar-refractivity contribution in [2.75, 3.05) is 13.1 Å². The summed E-state index contributed by atoms with van der Waals surface area (Å²) in [5, 5.41) is 8.95. The number of carboxylic acid groups (broad SMARTS) is 1. The van der Waals surface area contributed by atoms with E-state index in [0.29, 0.717) is 18.4 Å². The van der Waals surface area contributed by atoms with Gasteiger partial charge in [-0.05, 0) is 37.5 Å². The number of halogens is 1. The van der Waals surface area contributed by atoms with Gasteiger partial charge in [0, 0.05) is 17.6 Å². The predicted molar refractivity (Wildman–Crippen MR) is 78.0 cm³/mol. The lowest BCUT2D eigenvalue weighted by Gasteiger charge is -2.29. The number of carbonyl (C=O) groups is 1. The van der Waals surface area contributed by atoms with Crippen LogP contribution in [0.2, 0.25) is 0 Å². The molecule has 0 aliphatic carbocycles. The third-order valence-electron chi connectivity index (χ3n) is 3.64. The molecule has 0 radical (unpaired) electrons. The Labute approximate surface area is 126 Å². The van der Waals surface area contributed by atoms with Crippen LogP contribution in [0, 0.1) is 12.8 Å². The lowest BCUT2D eigenvalue weighted by Crippen LogP contribution is -2.40. The van der Waals surface area contributed by atoms with Crippen molar-refractivity contribution in [3.63, 3.8) is 0 Å². The van der Waals surface area contributed by atoms with Crippen molar-refractivity contribution in [2.24, 2.45) is 5.92 Å². The number of benzene rings is 1. The van der Waals surface area contributed by atoms with Crippen molar-refractivity contribution >= 4 is 31.9 Å². The monoisotopic (exact) mass is 361 g/mol. The highest BCUT2D eigenvalue weighted by atomic mass is 79.9. The lowest BCUT2D eigenvalue weighted by molar-refractivity contribution is -0.142. The number of rotatable bonds is 3. The molecule has 1 fully saturated rings. The Kier molecular flexibility index (Phi) is 4.51. The standard InChI is InChI=1S/C13H16BrNO4S/c1-9-11(14)3-2-4-12(9)20(18,19)15-7-5-10(6-8-15)13(16)17/h2-4,10H,5-8H2,1H3,(H,16,17). The highest BCUT2D eigenvalue weighted by molar-refractivity contribution is 9.10. The predicted octanol–water partition coefficient (Wildman–Crippen LogP) is 2.24. The van der Waals surface area contributed by atoms with Crippen LogP contribution in [0.3, 0.4) is 0 Å². The van der Waals surface area contributed by atoms with E-state index in [1.807, 2.05) is 0 Å². The molecule has 20 heavy (non-hydrogen) atoms. The van der Waals surface area contributed by atoms with Crippen molar-refractivity contribution in [1.29, 1.82) is 0 Å². The summed E-state index contributed by atoms with van der Waals surface area (Å²) in [5.74, 6) is -1.29. The van der Waals surface area contributed by atoms with Gasteiger partial charge in [-0.15, -0.1) is 0 Å². The number of hydrogen-bond acceptors (Lipinski definition) is 3. The SMILES string of the molecule is Cc1c(Br)cccc1S(=O)(=O)N1CCC(C(=O)O)CC1. The van der Waals surface area contributed by atoms with Gasteiger partial charge in [-0.25, -0.2) is 8.42 Å². The minimum atomic E-state index is -3.55. The van der Waals surface area contributed by atoms with Gasteiger partial charge in [-0.2, -0.15) is 4.31 Å². The van der Waals surface area contributed by atoms with Gasteiger partial charge < -0.3 is 5.11 Å². The summed E-state index contributed by atoms with van der Waals surface area (Å²) in [6, 6.07) is 5.07. The molecule has 0 saturated carbocycles. The summed E-state index contributed by atoms with van der Waals surface area (Å²) in [6.45, 7) is 2.26. The van der Waals surface area contributed by atoms with E-state index in [2.05, 4.69) is 15.9 Å². The second-order valence-corrected chi connectivity index (χ2v) is 7.64. The Morgan fingerprint density at radius 2 is 1.95 bits per heavy atom. The van der Waals surface area contributed by atoms with Crippen molar-refractivity contribution in [3.05, 3.63) is 28.2 Å². The fourth-order valence-electron chi connectivity index (χ4n) is 2.35. The van der Waals surface area contributed by atoms with Crippen molar-refractivity contribution in [2.45, 2.75) is 24.7 Å². The molecule has 0 unspecified atom stereocenters. The van der Waals surface area contributed by atoms with Crippen LogP contribution in [0.4, 0.5) is 0 Å². The Balaban J connectivity index is 2.24. The molecule has 1 aliphatic rings. The maximum Gasteiger partial charge on any atom is 0.306 e. The van der Waals surface area contributed by atoms with Gasteiger partial charge in [0.25, 0.3) is 0 Å². The summed E-state index contributed by atoms with van der Waals surface area (Å²) in [7, 11) is -3.55. The van der Waals surface area contributed by atoms with E-state index in [1.54, 1.807) is 25.1 Å². The smallest absolute Gasteiger partial charge is 0.306 e. The molecule has 1 aromatic carbocycles. The second-order valence-electron chi connectivity index (χ2n) is 4.88. The van der Waals surface area contributed by atoms with E-state index in [-0.39, 0.29) is 18.0 Å². The fourth-order valence-corrected chi connectivity index (χ4v) is 4.56. The molecule has 1 aliphatic heterocycles. The van der Waals surface area contributed by atoms with E-state index >= 15 is 0 Å². The van der Waals surface area contributed by atoms with Crippen LogP contribution < -0.4 is 0 Å². The van der Waals surface area contributed by atoms with E-state index < -0.39 is 21.9 Å². The van der Waals surface area contributed by atoms with Crippen LogP contribution in [0.25, 0.3) is 0 Å². The van der Waals surface area contributed by atoms with Crippen LogP contribution in [0.1, 0.15) is 18.4 Å². The maximum atomic E-state index is 12.6. The van der Waals surface area contributed by atoms with Crippen LogP contribution in [0.5, 0.6) is 0 Å². The fraction of sp³-hybridized carbons (Fsp3) is 0.462. The van der Waals surface area contributed by atoms with E-state index in [4.69, 9.17) is 5.11 Å². The second kappa shape index (κ2) is 5.83. The van der Waals surface area contributed by atoms with Gasteiger partial charge in [0.2, 0.25) is 10.0 Å². The Morgan fingerprint density at radius 3 is 2.50 bits per heavy atom. The third-order valence-corrected chi connectivity index (χ3v) is 6.54. The molecule has 1 N–H and O–H groups in total. The number of aliphatic carboxylic acids is 1. The molecule has 5 nitrogen and oxygen atoms in total. The minimum absolute atomic E-state index is 0.255. The summed E-state index contributed by atoms with van der Waals surface area (Å²) in [6.07, 6.45) is 0.725. The minimum Gasteiger partial charge on any atom is -0.481 e. The average Bonchev–Trinajstić information content (AvgIpc) is 2.41. The molecule has 110 valence electrons. The van der Waals surface area contributed by atoms with E-state index in [0.717, 1.165) is 4.47 Å². The Hall–Kier alpha value is -0.920. The first-order chi connectivity index (χ1) is 9.34. The van der Waals surface area contributed by atoms with Gasteiger partial charge in [0.05, 0.1) is 10.8 Å². The summed E-state index contributed by atoms with van der Waals surface area (Å²) in [5.41, 5.74) is 0.674. The normalized spacial score (nSPS) is 18.1. The molecule has 7 heteroatoms. The highest BCUT2D eigenvalue weighted by Gasteiger charge is 2.32. The number of sulfonamides is 1. The maximum absolute atomic E-state index is 12.6. The third kappa shape index (κ3) is 2.89. The van der Waals surface area contributed by atoms with Crippen LogP contribution in [-0.2, 0) is 14.8 Å². The average molecular weight is 362 g/mol. The zero-order chi connectivity index (χ0) is 14.9. The molecule has 1 heterocycles. The first-order valence-electron chi connectivity index (χ1n) is 6.32. The lowest BCUT2D eigenvalue weighted by atomic mass is 9.99. The van der Waals surface area contributed by atoms with Crippen LogP contribution >= 0.6 is 15.9 Å². The molecule has 0 aromatic heterocycles. The topological polar surface area (TPSA) is 74.7 Å². The summed E-state index contributed by atoms with van der Waals surface area (Å²) < 4.78 is 27.3. The zero-order valence-electron chi connectivity index (χ0n) is 11.0. The number of nitrogens with zero attached hydrogens (tertiary/aromatic N) is 1. The molecular formula is C13H16BrNO4S. The number of carboxylic acids is 1. The molecular weight excluding hydrogens is 346 g/mol. The zero-order valence-corrected chi connectivity index (χ0v) is 13.4. The Morgan fingerprint density at radius 1 is 1.35 bits per heavy atom.